The molecule has 3 aromatic rings. The lowest BCUT2D eigenvalue weighted by molar-refractivity contribution is -0.124. The van der Waals surface area contributed by atoms with Crippen molar-refractivity contribution in [3.63, 3.8) is 0 Å². The van der Waals surface area contributed by atoms with Crippen molar-refractivity contribution in [2.45, 2.75) is 32.4 Å². The maximum Gasteiger partial charge on any atom is 0.253 e. The second-order valence-electron chi connectivity index (χ2n) is 7.42. The van der Waals surface area contributed by atoms with Gasteiger partial charge in [-0.2, -0.15) is 5.10 Å². The quantitative estimate of drug-likeness (QED) is 0.511. The average molecular weight is 438 g/mol. The SMILES string of the molecule is Cc1ccc(-c2n[nH]c(=S)n2CC(=O)Nc2ccc(NC(=O)[C@H]3CCCO3)cc2)cc1. The number of benzene rings is 2. The number of hydrogen-bond acceptors (Lipinski definition) is 5. The molecule has 0 unspecified atom stereocenters. The summed E-state index contributed by atoms with van der Waals surface area (Å²) in [6, 6.07) is 14.8. The van der Waals surface area contributed by atoms with Gasteiger partial charge >= 0.3 is 0 Å². The van der Waals surface area contributed by atoms with E-state index in [2.05, 4.69) is 20.8 Å². The highest BCUT2D eigenvalue weighted by Gasteiger charge is 2.23. The zero-order chi connectivity index (χ0) is 21.8. The molecule has 3 N–H and O–H groups in total. The third-order valence-corrected chi connectivity index (χ3v) is 5.34. The first-order chi connectivity index (χ1) is 15.0. The lowest BCUT2D eigenvalue weighted by Crippen LogP contribution is -2.26. The molecule has 31 heavy (non-hydrogen) atoms. The number of nitrogens with one attached hydrogen (secondary N) is 3. The van der Waals surface area contributed by atoms with Gasteiger partial charge < -0.3 is 15.4 Å². The minimum atomic E-state index is -0.387. The van der Waals surface area contributed by atoms with Gasteiger partial charge in [-0.25, -0.2) is 0 Å². The van der Waals surface area contributed by atoms with Crippen molar-refractivity contribution in [1.82, 2.24) is 14.8 Å². The van der Waals surface area contributed by atoms with Gasteiger partial charge in [-0.3, -0.25) is 19.3 Å². The van der Waals surface area contributed by atoms with E-state index >= 15 is 0 Å². The van der Waals surface area contributed by atoms with Gasteiger partial charge in [0.2, 0.25) is 5.91 Å². The summed E-state index contributed by atoms with van der Waals surface area (Å²) in [7, 11) is 0. The Labute approximate surface area is 184 Å². The molecule has 9 heteroatoms. The van der Waals surface area contributed by atoms with Gasteiger partial charge in [-0.1, -0.05) is 29.8 Å². The van der Waals surface area contributed by atoms with Crippen molar-refractivity contribution in [3.05, 3.63) is 58.9 Å². The van der Waals surface area contributed by atoms with Crippen LogP contribution in [0, 0.1) is 11.7 Å². The molecule has 1 fully saturated rings. The third-order valence-electron chi connectivity index (χ3n) is 5.03. The standard InChI is InChI=1S/C22H23N5O3S/c1-14-4-6-15(7-5-14)20-25-26-22(31)27(20)13-19(28)23-16-8-10-17(11-9-16)24-21(29)18-3-2-12-30-18/h4-11,18H,2-3,12-13H2,1H3,(H,23,28)(H,24,29)(H,26,31)/t18-/m1/s1. The molecular weight excluding hydrogens is 414 g/mol. The minimum Gasteiger partial charge on any atom is -0.368 e. The Morgan fingerprint density at radius 2 is 1.81 bits per heavy atom. The molecule has 1 atom stereocenters. The molecule has 1 aliphatic rings. The number of rotatable bonds is 6. The van der Waals surface area contributed by atoms with E-state index in [9.17, 15) is 9.59 Å². The van der Waals surface area contributed by atoms with Crippen LogP contribution in [-0.2, 0) is 20.9 Å². The van der Waals surface area contributed by atoms with Crippen molar-refractivity contribution in [3.8, 4) is 11.4 Å². The number of amides is 2. The molecule has 1 aromatic heterocycles. The largest absolute Gasteiger partial charge is 0.368 e. The molecule has 8 nitrogen and oxygen atoms in total. The molecule has 1 saturated heterocycles. The first-order valence-corrected chi connectivity index (χ1v) is 10.4. The van der Waals surface area contributed by atoms with Crippen molar-refractivity contribution in [1.29, 1.82) is 0 Å². The number of carbonyl (C=O) groups excluding carboxylic acids is 2. The number of carbonyl (C=O) groups is 2. The van der Waals surface area contributed by atoms with Crippen LogP contribution in [0.2, 0.25) is 0 Å². The number of nitrogens with zero attached hydrogens (tertiary/aromatic N) is 2. The molecule has 2 aromatic carbocycles. The summed E-state index contributed by atoms with van der Waals surface area (Å²) >= 11 is 5.30. The fraction of sp³-hybridized carbons (Fsp3) is 0.273. The Balaban J connectivity index is 1.39. The number of H-pyrrole nitrogens is 1. The second-order valence-corrected chi connectivity index (χ2v) is 7.81. The summed E-state index contributed by atoms with van der Waals surface area (Å²) in [5.74, 6) is 0.224. The van der Waals surface area contributed by atoms with Crippen LogP contribution < -0.4 is 10.6 Å². The van der Waals surface area contributed by atoms with Crippen LogP contribution in [0.3, 0.4) is 0 Å². The van der Waals surface area contributed by atoms with Crippen LogP contribution in [0.5, 0.6) is 0 Å². The predicted octanol–water partition coefficient (Wildman–Crippen LogP) is 3.67. The highest BCUT2D eigenvalue weighted by atomic mass is 32.1. The van der Waals surface area contributed by atoms with Gasteiger partial charge in [0.25, 0.3) is 5.91 Å². The van der Waals surface area contributed by atoms with Crippen LogP contribution >= 0.6 is 12.2 Å². The summed E-state index contributed by atoms with van der Waals surface area (Å²) < 4.78 is 7.41. The monoisotopic (exact) mass is 437 g/mol. The van der Waals surface area contributed by atoms with Gasteiger partial charge in [0.1, 0.15) is 12.6 Å². The maximum absolute atomic E-state index is 12.6. The Kier molecular flexibility index (Phi) is 6.24. The first-order valence-electron chi connectivity index (χ1n) is 10.0. The highest BCUT2D eigenvalue weighted by Crippen LogP contribution is 2.19. The minimum absolute atomic E-state index is 0.0239. The van der Waals surface area contributed by atoms with Gasteiger partial charge in [0.15, 0.2) is 10.6 Å². The van der Waals surface area contributed by atoms with E-state index in [-0.39, 0.29) is 24.5 Å². The van der Waals surface area contributed by atoms with Gasteiger partial charge in [0, 0.05) is 23.5 Å². The maximum atomic E-state index is 12.6. The van der Waals surface area contributed by atoms with Gasteiger partial charge in [-0.15, -0.1) is 0 Å². The zero-order valence-electron chi connectivity index (χ0n) is 17.1. The lowest BCUT2D eigenvalue weighted by atomic mass is 10.1. The van der Waals surface area contributed by atoms with Crippen LogP contribution in [0.25, 0.3) is 11.4 Å². The molecule has 160 valence electrons. The summed E-state index contributed by atoms with van der Waals surface area (Å²) in [5, 5.41) is 12.7. The van der Waals surface area contributed by atoms with E-state index in [0.29, 0.717) is 28.6 Å². The van der Waals surface area contributed by atoms with Crippen LogP contribution in [0.1, 0.15) is 18.4 Å². The highest BCUT2D eigenvalue weighted by molar-refractivity contribution is 7.71. The fourth-order valence-corrected chi connectivity index (χ4v) is 3.57. The van der Waals surface area contributed by atoms with Crippen LogP contribution in [0.4, 0.5) is 11.4 Å². The van der Waals surface area contributed by atoms with Crippen molar-refractivity contribution in [2.24, 2.45) is 0 Å². The Hall–Kier alpha value is -3.30. The van der Waals surface area contributed by atoms with E-state index in [1.54, 1.807) is 28.8 Å². The normalized spacial score (nSPS) is 15.6. The van der Waals surface area contributed by atoms with Gasteiger partial charge in [0.05, 0.1) is 0 Å². The number of anilines is 2. The molecule has 0 saturated carbocycles. The van der Waals surface area contributed by atoms with E-state index in [0.717, 1.165) is 24.0 Å². The number of aromatic amines is 1. The summed E-state index contributed by atoms with van der Waals surface area (Å²) in [4.78, 5) is 24.7. The first kappa shape index (κ1) is 21.0. The number of aromatic nitrogens is 3. The Bertz CT molecular complexity index is 1130. The lowest BCUT2D eigenvalue weighted by Gasteiger charge is -2.11. The third kappa shape index (κ3) is 5.07. The van der Waals surface area contributed by atoms with Crippen molar-refractivity contribution >= 4 is 35.4 Å². The Morgan fingerprint density at radius 3 is 2.45 bits per heavy atom. The smallest absolute Gasteiger partial charge is 0.253 e. The van der Waals surface area contributed by atoms with E-state index < -0.39 is 0 Å². The van der Waals surface area contributed by atoms with E-state index in [1.807, 2.05) is 31.2 Å². The van der Waals surface area contributed by atoms with Gasteiger partial charge in [-0.05, 0) is 56.2 Å². The summed E-state index contributed by atoms with van der Waals surface area (Å²) in [6.45, 7) is 2.65. The van der Waals surface area contributed by atoms with Crippen LogP contribution in [-0.4, -0.2) is 39.3 Å². The predicted molar refractivity (Wildman–Crippen MR) is 120 cm³/mol. The zero-order valence-corrected chi connectivity index (χ0v) is 17.9. The number of ether oxygens (including phenoxy) is 1. The second kappa shape index (κ2) is 9.23. The molecular formula is C22H23N5O3S. The molecule has 0 spiro atoms. The van der Waals surface area contributed by atoms with Crippen molar-refractivity contribution < 1.29 is 14.3 Å². The summed E-state index contributed by atoms with van der Waals surface area (Å²) in [5.41, 5.74) is 3.28. The molecule has 0 bridgehead atoms. The van der Waals surface area contributed by atoms with Crippen LogP contribution in [0.15, 0.2) is 48.5 Å². The molecule has 2 amide bonds. The van der Waals surface area contributed by atoms with E-state index in [1.165, 1.54) is 0 Å². The fourth-order valence-electron chi connectivity index (χ4n) is 3.38. The number of hydrogen-bond donors (Lipinski definition) is 3. The molecule has 0 radical (unpaired) electrons. The molecule has 1 aliphatic heterocycles. The van der Waals surface area contributed by atoms with E-state index in [4.69, 9.17) is 17.0 Å². The topological polar surface area (TPSA) is 101 Å². The Morgan fingerprint density at radius 1 is 1.13 bits per heavy atom. The molecule has 4 rings (SSSR count). The van der Waals surface area contributed by atoms with Crippen molar-refractivity contribution in [2.75, 3.05) is 17.2 Å². The molecule has 2 heterocycles. The summed E-state index contributed by atoms with van der Waals surface area (Å²) in [6.07, 6.45) is 1.25. The number of aryl methyl sites for hydroxylation is 1. The average Bonchev–Trinajstić information content (AvgIpc) is 3.41. The molecule has 0 aliphatic carbocycles.